The molecule has 0 saturated carbocycles. The van der Waals surface area contributed by atoms with Gasteiger partial charge in [0.05, 0.1) is 22.1 Å². The van der Waals surface area contributed by atoms with Crippen molar-refractivity contribution in [2.75, 3.05) is 0 Å². The van der Waals surface area contributed by atoms with Gasteiger partial charge in [0, 0.05) is 10.9 Å². The minimum Gasteiger partial charge on any atom is -0.294 e. The molecule has 1 aromatic carbocycles. The van der Waals surface area contributed by atoms with Gasteiger partial charge in [-0.05, 0) is 25.1 Å². The Bertz CT molecular complexity index is 567. The lowest BCUT2D eigenvalue weighted by atomic mass is 10.1. The predicted octanol–water partition coefficient (Wildman–Crippen LogP) is 3.67. The van der Waals surface area contributed by atoms with Crippen molar-refractivity contribution >= 4 is 28.7 Å². The summed E-state index contributed by atoms with van der Waals surface area (Å²) in [5.74, 6) is -0.688. The zero-order chi connectivity index (χ0) is 12.4. The second-order valence-corrected chi connectivity index (χ2v) is 5.05. The smallest absolute Gasteiger partial charge is 0.170 e. The van der Waals surface area contributed by atoms with Crippen LogP contribution in [0.1, 0.15) is 21.1 Å². The van der Waals surface area contributed by atoms with Crippen molar-refractivity contribution < 1.29 is 9.18 Å². The van der Waals surface area contributed by atoms with Crippen molar-refractivity contribution in [2.45, 2.75) is 13.3 Å². The quantitative estimate of drug-likeness (QED) is 0.796. The van der Waals surface area contributed by atoms with E-state index < -0.39 is 5.82 Å². The van der Waals surface area contributed by atoms with Gasteiger partial charge in [-0.3, -0.25) is 4.79 Å². The number of rotatable bonds is 3. The van der Waals surface area contributed by atoms with Gasteiger partial charge < -0.3 is 0 Å². The summed E-state index contributed by atoms with van der Waals surface area (Å²) in [5.41, 5.74) is 0.898. The molecule has 0 spiro atoms. The van der Waals surface area contributed by atoms with Gasteiger partial charge in [0.2, 0.25) is 0 Å². The molecule has 0 unspecified atom stereocenters. The Labute approximate surface area is 107 Å². The highest BCUT2D eigenvalue weighted by atomic mass is 35.5. The first-order chi connectivity index (χ1) is 8.06. The predicted molar refractivity (Wildman–Crippen MR) is 66.3 cm³/mol. The van der Waals surface area contributed by atoms with Gasteiger partial charge in [0.15, 0.2) is 5.78 Å². The van der Waals surface area contributed by atoms with E-state index in [-0.39, 0.29) is 22.8 Å². The molecule has 0 aliphatic rings. The van der Waals surface area contributed by atoms with E-state index in [0.717, 1.165) is 11.1 Å². The molecule has 5 heteroatoms. The molecule has 0 bridgehead atoms. The molecule has 0 N–H and O–H groups in total. The lowest BCUT2D eigenvalue weighted by Crippen LogP contribution is -2.05. The Hall–Kier alpha value is -1.26. The van der Waals surface area contributed by atoms with E-state index in [2.05, 4.69) is 4.98 Å². The van der Waals surface area contributed by atoms with Gasteiger partial charge in [-0.25, -0.2) is 9.37 Å². The van der Waals surface area contributed by atoms with E-state index in [1.165, 1.54) is 23.5 Å². The van der Waals surface area contributed by atoms with Crippen molar-refractivity contribution in [1.82, 2.24) is 4.98 Å². The number of hydrogen-bond donors (Lipinski definition) is 0. The Morgan fingerprint density at radius 1 is 1.53 bits per heavy atom. The number of aryl methyl sites for hydroxylation is 1. The Balaban J connectivity index is 2.22. The first-order valence-corrected chi connectivity index (χ1v) is 6.21. The van der Waals surface area contributed by atoms with Gasteiger partial charge in [0.1, 0.15) is 5.82 Å². The summed E-state index contributed by atoms with van der Waals surface area (Å²) < 4.78 is 13.0. The van der Waals surface area contributed by atoms with E-state index in [1.54, 1.807) is 0 Å². The molecule has 0 saturated heterocycles. The van der Waals surface area contributed by atoms with Crippen LogP contribution in [-0.4, -0.2) is 10.8 Å². The number of carbonyl (C=O) groups is 1. The van der Waals surface area contributed by atoms with E-state index in [0.29, 0.717) is 5.69 Å². The molecule has 0 aliphatic carbocycles. The first kappa shape index (κ1) is 12.2. The average Bonchev–Trinajstić information content (AvgIpc) is 2.67. The number of nitrogens with zero attached hydrogens (tertiary/aromatic N) is 1. The van der Waals surface area contributed by atoms with Crippen LogP contribution in [0.4, 0.5) is 4.39 Å². The van der Waals surface area contributed by atoms with E-state index in [1.807, 2.05) is 12.3 Å². The fourth-order valence-electron chi connectivity index (χ4n) is 1.46. The molecule has 2 rings (SSSR count). The van der Waals surface area contributed by atoms with Crippen LogP contribution in [0.25, 0.3) is 0 Å². The molecule has 0 amide bonds. The standard InChI is InChI=1S/C12H9ClFNOS/c1-7-15-9(6-17-7)5-12(16)10-4-8(14)2-3-11(10)13/h2-4,6H,5H2,1H3. The summed E-state index contributed by atoms with van der Waals surface area (Å²) in [4.78, 5) is 16.1. The van der Waals surface area contributed by atoms with Gasteiger partial charge >= 0.3 is 0 Å². The molecule has 88 valence electrons. The van der Waals surface area contributed by atoms with Crippen LogP contribution < -0.4 is 0 Å². The van der Waals surface area contributed by atoms with Crippen molar-refractivity contribution in [3.63, 3.8) is 0 Å². The van der Waals surface area contributed by atoms with Crippen LogP contribution in [0.5, 0.6) is 0 Å². The fraction of sp³-hybridized carbons (Fsp3) is 0.167. The molecule has 2 aromatic rings. The van der Waals surface area contributed by atoms with Gasteiger partial charge in [-0.2, -0.15) is 0 Å². The minimum atomic E-state index is -0.466. The topological polar surface area (TPSA) is 30.0 Å². The monoisotopic (exact) mass is 269 g/mol. The normalized spacial score (nSPS) is 10.5. The molecule has 1 heterocycles. The number of halogens is 2. The first-order valence-electron chi connectivity index (χ1n) is 4.95. The highest BCUT2D eigenvalue weighted by molar-refractivity contribution is 7.09. The fourth-order valence-corrected chi connectivity index (χ4v) is 2.30. The number of Topliss-reactive ketones (excluding diaryl/α,β-unsaturated/α-hetero) is 1. The van der Waals surface area contributed by atoms with E-state index in [9.17, 15) is 9.18 Å². The number of aromatic nitrogens is 1. The van der Waals surface area contributed by atoms with Crippen LogP contribution >= 0.6 is 22.9 Å². The average molecular weight is 270 g/mol. The SMILES string of the molecule is Cc1nc(CC(=O)c2cc(F)ccc2Cl)cs1. The molecule has 0 atom stereocenters. The number of benzene rings is 1. The zero-order valence-corrected chi connectivity index (χ0v) is 10.6. The number of thiazole rings is 1. The molecule has 0 aliphatic heterocycles. The molecule has 0 fully saturated rings. The maximum absolute atomic E-state index is 13.0. The Morgan fingerprint density at radius 2 is 2.29 bits per heavy atom. The third-order valence-electron chi connectivity index (χ3n) is 2.24. The largest absolute Gasteiger partial charge is 0.294 e. The van der Waals surface area contributed by atoms with E-state index >= 15 is 0 Å². The van der Waals surface area contributed by atoms with Gasteiger partial charge in [-0.1, -0.05) is 11.6 Å². The van der Waals surface area contributed by atoms with Crippen LogP contribution in [-0.2, 0) is 6.42 Å². The maximum Gasteiger partial charge on any atom is 0.170 e. The summed E-state index contributed by atoms with van der Waals surface area (Å²) in [6, 6.07) is 3.77. The lowest BCUT2D eigenvalue weighted by molar-refractivity contribution is 0.0992. The zero-order valence-electron chi connectivity index (χ0n) is 9.04. The summed E-state index contributed by atoms with van der Waals surface area (Å²) >= 11 is 7.34. The maximum atomic E-state index is 13.0. The van der Waals surface area contributed by atoms with Crippen molar-refractivity contribution in [1.29, 1.82) is 0 Å². The van der Waals surface area contributed by atoms with Crippen molar-refractivity contribution in [3.8, 4) is 0 Å². The van der Waals surface area contributed by atoms with Gasteiger partial charge in [-0.15, -0.1) is 11.3 Å². The number of hydrogen-bond acceptors (Lipinski definition) is 3. The third-order valence-corrected chi connectivity index (χ3v) is 3.39. The highest BCUT2D eigenvalue weighted by Crippen LogP contribution is 2.19. The highest BCUT2D eigenvalue weighted by Gasteiger charge is 2.13. The van der Waals surface area contributed by atoms with Crippen molar-refractivity contribution in [3.05, 3.63) is 50.7 Å². The Morgan fingerprint density at radius 3 is 2.94 bits per heavy atom. The molecule has 17 heavy (non-hydrogen) atoms. The molecule has 2 nitrogen and oxygen atoms in total. The molecule has 0 radical (unpaired) electrons. The number of ketones is 1. The summed E-state index contributed by atoms with van der Waals surface area (Å²) in [6.45, 7) is 1.87. The number of carbonyl (C=O) groups excluding carboxylic acids is 1. The summed E-state index contributed by atoms with van der Waals surface area (Å²) in [6.07, 6.45) is 0.146. The summed E-state index contributed by atoms with van der Waals surface area (Å²) in [7, 11) is 0. The van der Waals surface area contributed by atoms with Crippen LogP contribution in [0.15, 0.2) is 23.6 Å². The summed E-state index contributed by atoms with van der Waals surface area (Å²) in [5, 5.41) is 2.99. The van der Waals surface area contributed by atoms with Gasteiger partial charge in [0.25, 0.3) is 0 Å². The van der Waals surface area contributed by atoms with Crippen LogP contribution in [0, 0.1) is 12.7 Å². The molecular formula is C12H9ClFNOS. The van der Waals surface area contributed by atoms with E-state index in [4.69, 9.17) is 11.6 Å². The minimum absolute atomic E-state index is 0.146. The molecule has 1 aromatic heterocycles. The molecular weight excluding hydrogens is 261 g/mol. The third kappa shape index (κ3) is 2.90. The Kier molecular flexibility index (Phi) is 3.54. The second kappa shape index (κ2) is 4.94. The second-order valence-electron chi connectivity index (χ2n) is 3.58. The van der Waals surface area contributed by atoms with Crippen molar-refractivity contribution in [2.24, 2.45) is 0 Å². The lowest BCUT2D eigenvalue weighted by Gasteiger charge is -2.02. The van der Waals surface area contributed by atoms with Crippen LogP contribution in [0.3, 0.4) is 0 Å². The van der Waals surface area contributed by atoms with Crippen LogP contribution in [0.2, 0.25) is 5.02 Å².